The first-order chi connectivity index (χ1) is 14.2. The predicted octanol–water partition coefficient (Wildman–Crippen LogP) is 5.95. The zero-order chi connectivity index (χ0) is 20.1. The second-order valence-electron chi connectivity index (χ2n) is 7.11. The summed E-state index contributed by atoms with van der Waals surface area (Å²) < 4.78 is 0. The molecule has 0 radical (unpaired) electrons. The number of ketones is 1. The lowest BCUT2D eigenvalue weighted by atomic mass is 10.00. The highest BCUT2D eigenvalue weighted by Crippen LogP contribution is 2.28. The van der Waals surface area contributed by atoms with Crippen LogP contribution < -0.4 is 5.32 Å². The Hall–Kier alpha value is -3.53. The Kier molecular flexibility index (Phi) is 5.61. The van der Waals surface area contributed by atoms with Crippen LogP contribution in [0.2, 0.25) is 0 Å². The van der Waals surface area contributed by atoms with E-state index in [1.165, 1.54) is 0 Å². The fraction of sp³-hybridized carbons (Fsp3) is 0.160. The molecule has 4 aromatic rings. The van der Waals surface area contributed by atoms with Crippen LogP contribution in [0.5, 0.6) is 0 Å². The second kappa shape index (κ2) is 8.65. The lowest BCUT2D eigenvalue weighted by Crippen LogP contribution is -2.01. The first-order valence-electron chi connectivity index (χ1n) is 9.91. The molecule has 0 aliphatic rings. The van der Waals surface area contributed by atoms with Crippen molar-refractivity contribution in [2.75, 3.05) is 5.32 Å². The van der Waals surface area contributed by atoms with Gasteiger partial charge in [-0.3, -0.25) is 4.79 Å². The maximum Gasteiger partial charge on any atom is 0.141 e. The summed E-state index contributed by atoms with van der Waals surface area (Å²) in [5, 5.41) is 4.35. The summed E-state index contributed by atoms with van der Waals surface area (Å²) >= 11 is 0. The lowest BCUT2D eigenvalue weighted by molar-refractivity contribution is -0.118. The summed E-state index contributed by atoms with van der Waals surface area (Å²) in [6, 6.07) is 24.4. The first-order valence-corrected chi connectivity index (χ1v) is 9.91. The van der Waals surface area contributed by atoms with E-state index < -0.39 is 0 Å². The fourth-order valence-corrected chi connectivity index (χ4v) is 3.40. The molecule has 0 aliphatic carbocycles. The molecule has 1 heterocycles. The number of Topliss-reactive ketones (excluding diaryl/α,β-unsaturated/α-hetero) is 1. The third-order valence-electron chi connectivity index (χ3n) is 4.89. The van der Waals surface area contributed by atoms with E-state index in [2.05, 4.69) is 39.6 Å². The number of para-hydroxylation sites is 1. The zero-order valence-corrected chi connectivity index (χ0v) is 16.4. The number of hydrogen-bond donors (Lipinski definition) is 1. The molecule has 0 aliphatic heterocycles. The van der Waals surface area contributed by atoms with Gasteiger partial charge in [0.2, 0.25) is 0 Å². The van der Waals surface area contributed by atoms with Crippen molar-refractivity contribution in [3.8, 4) is 11.1 Å². The van der Waals surface area contributed by atoms with E-state index in [9.17, 15) is 4.79 Å². The third kappa shape index (κ3) is 4.49. The molecular weight excluding hydrogens is 358 g/mol. The average Bonchev–Trinajstić information content (AvgIpc) is 2.75. The summed E-state index contributed by atoms with van der Waals surface area (Å²) in [5.74, 6) is 1.07. The highest BCUT2D eigenvalue weighted by Gasteiger charge is 2.08. The maximum absolute atomic E-state index is 11.9. The molecule has 0 saturated carbocycles. The summed E-state index contributed by atoms with van der Waals surface area (Å²) in [4.78, 5) is 20.7. The van der Waals surface area contributed by atoms with Gasteiger partial charge in [-0.15, -0.1) is 0 Å². The standard InChI is InChI=1S/C25H23N3O/c1-2-6-22(29)15-18-9-11-19(12-10-18)20-13-14-24-23(16-20)25(27-17-26-24)28-21-7-4-3-5-8-21/h3-5,7-14,16-17H,2,6,15H2,1H3,(H,26,27,28). The van der Waals surface area contributed by atoms with Crippen molar-refractivity contribution in [3.63, 3.8) is 0 Å². The number of aromatic nitrogens is 2. The predicted molar refractivity (Wildman–Crippen MR) is 118 cm³/mol. The van der Waals surface area contributed by atoms with Crippen molar-refractivity contribution in [1.29, 1.82) is 0 Å². The average molecular weight is 381 g/mol. The van der Waals surface area contributed by atoms with Gasteiger partial charge in [0.1, 0.15) is 17.9 Å². The second-order valence-corrected chi connectivity index (χ2v) is 7.11. The molecule has 0 saturated heterocycles. The number of hydrogen-bond acceptors (Lipinski definition) is 4. The van der Waals surface area contributed by atoms with Gasteiger partial charge in [-0.2, -0.15) is 0 Å². The van der Waals surface area contributed by atoms with Crippen LogP contribution in [0.25, 0.3) is 22.0 Å². The molecule has 1 N–H and O–H groups in total. The van der Waals surface area contributed by atoms with Gasteiger partial charge >= 0.3 is 0 Å². The highest BCUT2D eigenvalue weighted by molar-refractivity contribution is 5.93. The molecule has 0 atom stereocenters. The van der Waals surface area contributed by atoms with Crippen molar-refractivity contribution in [2.24, 2.45) is 0 Å². The zero-order valence-electron chi connectivity index (χ0n) is 16.4. The van der Waals surface area contributed by atoms with Gasteiger partial charge in [-0.25, -0.2) is 9.97 Å². The molecular formula is C25H23N3O. The van der Waals surface area contributed by atoms with Crippen molar-refractivity contribution in [2.45, 2.75) is 26.2 Å². The van der Waals surface area contributed by atoms with Crippen molar-refractivity contribution in [1.82, 2.24) is 9.97 Å². The molecule has 0 bridgehead atoms. The van der Waals surface area contributed by atoms with Crippen LogP contribution in [-0.2, 0) is 11.2 Å². The van der Waals surface area contributed by atoms with E-state index in [-0.39, 0.29) is 0 Å². The summed E-state index contributed by atoms with van der Waals surface area (Å²) in [5.41, 5.74) is 5.13. The molecule has 1 aromatic heterocycles. The number of benzene rings is 3. The number of rotatable bonds is 7. The number of anilines is 2. The van der Waals surface area contributed by atoms with Crippen LogP contribution in [0.1, 0.15) is 25.3 Å². The van der Waals surface area contributed by atoms with E-state index in [4.69, 9.17) is 0 Å². The van der Waals surface area contributed by atoms with Gasteiger partial charge in [0.15, 0.2) is 0 Å². The molecule has 29 heavy (non-hydrogen) atoms. The highest BCUT2D eigenvalue weighted by atomic mass is 16.1. The molecule has 0 amide bonds. The van der Waals surface area contributed by atoms with Crippen LogP contribution in [0.4, 0.5) is 11.5 Å². The van der Waals surface area contributed by atoms with Gasteiger partial charge in [-0.05, 0) is 47.4 Å². The van der Waals surface area contributed by atoms with E-state index in [1.54, 1.807) is 6.33 Å². The Morgan fingerprint density at radius 1 is 0.897 bits per heavy atom. The van der Waals surface area contributed by atoms with E-state index in [0.29, 0.717) is 18.6 Å². The van der Waals surface area contributed by atoms with E-state index in [0.717, 1.165) is 45.5 Å². The molecule has 4 rings (SSSR count). The minimum Gasteiger partial charge on any atom is -0.340 e. The molecule has 0 spiro atoms. The van der Waals surface area contributed by atoms with Crippen molar-refractivity contribution < 1.29 is 4.79 Å². The minimum atomic E-state index is 0.291. The largest absolute Gasteiger partial charge is 0.340 e. The molecule has 4 heteroatoms. The normalized spacial score (nSPS) is 10.8. The maximum atomic E-state index is 11.9. The van der Waals surface area contributed by atoms with Gasteiger partial charge in [0.05, 0.1) is 5.52 Å². The Balaban J connectivity index is 1.63. The van der Waals surface area contributed by atoms with Crippen LogP contribution in [0.15, 0.2) is 79.1 Å². The smallest absolute Gasteiger partial charge is 0.141 e. The van der Waals surface area contributed by atoms with E-state index >= 15 is 0 Å². The van der Waals surface area contributed by atoms with Gasteiger partial charge in [-0.1, -0.05) is 55.5 Å². The molecule has 0 fully saturated rings. The number of carbonyl (C=O) groups is 1. The monoisotopic (exact) mass is 381 g/mol. The summed E-state index contributed by atoms with van der Waals surface area (Å²) in [7, 11) is 0. The van der Waals surface area contributed by atoms with Crippen molar-refractivity contribution in [3.05, 3.63) is 84.7 Å². The Labute approximate surface area is 170 Å². The van der Waals surface area contributed by atoms with Crippen LogP contribution in [0.3, 0.4) is 0 Å². The Morgan fingerprint density at radius 2 is 1.66 bits per heavy atom. The SMILES string of the molecule is CCCC(=O)Cc1ccc(-c2ccc3ncnc(Nc4ccccc4)c3c2)cc1. The number of nitrogens with zero attached hydrogens (tertiary/aromatic N) is 2. The molecule has 0 unspecified atom stereocenters. The molecule has 3 aromatic carbocycles. The summed E-state index contributed by atoms with van der Waals surface area (Å²) in [6.07, 6.45) is 3.62. The quantitative estimate of drug-likeness (QED) is 0.430. The molecule has 144 valence electrons. The Bertz CT molecular complexity index is 1120. The van der Waals surface area contributed by atoms with Crippen LogP contribution >= 0.6 is 0 Å². The lowest BCUT2D eigenvalue weighted by Gasteiger charge is -2.10. The third-order valence-corrected chi connectivity index (χ3v) is 4.89. The summed E-state index contributed by atoms with van der Waals surface area (Å²) in [6.45, 7) is 2.03. The number of carbonyl (C=O) groups excluding carboxylic acids is 1. The van der Waals surface area contributed by atoms with Crippen LogP contribution in [0, 0.1) is 0 Å². The van der Waals surface area contributed by atoms with E-state index in [1.807, 2.05) is 55.5 Å². The van der Waals surface area contributed by atoms with Gasteiger partial charge in [0.25, 0.3) is 0 Å². The van der Waals surface area contributed by atoms with Gasteiger partial charge in [0, 0.05) is 23.9 Å². The van der Waals surface area contributed by atoms with Crippen LogP contribution in [-0.4, -0.2) is 15.8 Å². The number of fused-ring (bicyclic) bond motifs is 1. The number of nitrogens with one attached hydrogen (secondary N) is 1. The topological polar surface area (TPSA) is 54.9 Å². The Morgan fingerprint density at radius 3 is 2.41 bits per heavy atom. The van der Waals surface area contributed by atoms with Crippen molar-refractivity contribution >= 4 is 28.2 Å². The van der Waals surface area contributed by atoms with Gasteiger partial charge < -0.3 is 5.32 Å². The fourth-order valence-electron chi connectivity index (χ4n) is 3.40. The first kappa shape index (κ1) is 18.8. The molecule has 4 nitrogen and oxygen atoms in total. The minimum absolute atomic E-state index is 0.291.